The Balaban J connectivity index is 1.48. The molecule has 3 rings (SSSR count). The molecule has 1 atom stereocenters. The third-order valence-corrected chi connectivity index (χ3v) is 5.40. The average molecular weight is 414 g/mol. The lowest BCUT2D eigenvalue weighted by atomic mass is 9.94. The highest BCUT2D eigenvalue weighted by atomic mass is 16.6. The van der Waals surface area contributed by atoms with Crippen LogP contribution in [0.15, 0.2) is 35.4 Å². The van der Waals surface area contributed by atoms with E-state index in [1.54, 1.807) is 36.9 Å². The van der Waals surface area contributed by atoms with E-state index in [1.807, 2.05) is 30.3 Å². The molecule has 1 saturated heterocycles. The summed E-state index contributed by atoms with van der Waals surface area (Å²) in [5, 5.41) is 5.94. The zero-order chi connectivity index (χ0) is 21.7. The Morgan fingerprint density at radius 1 is 1.07 bits per heavy atom. The van der Waals surface area contributed by atoms with Crippen LogP contribution in [0.25, 0.3) is 0 Å². The number of hydrogen-bond acceptors (Lipinski definition) is 5. The fourth-order valence-electron chi connectivity index (χ4n) is 3.90. The van der Waals surface area contributed by atoms with E-state index < -0.39 is 5.60 Å². The van der Waals surface area contributed by atoms with Crippen LogP contribution in [0, 0.1) is 5.92 Å². The molecule has 162 valence electrons. The number of carbonyl (C=O) groups excluding carboxylic acids is 3. The van der Waals surface area contributed by atoms with Gasteiger partial charge in [0.1, 0.15) is 5.60 Å². The Hall–Kier alpha value is -2.70. The minimum absolute atomic E-state index is 0.0263. The predicted molar refractivity (Wildman–Crippen MR) is 114 cm³/mol. The fourth-order valence-corrected chi connectivity index (χ4v) is 3.90. The molecule has 2 amide bonds. The molecule has 1 unspecified atom stereocenters. The molecular weight excluding hydrogens is 382 g/mol. The molecular formula is C23H31N3O4. The molecule has 0 radical (unpaired) electrons. The Labute approximate surface area is 178 Å². The van der Waals surface area contributed by atoms with Crippen molar-refractivity contribution in [1.29, 1.82) is 0 Å². The normalized spacial score (nSPS) is 19.8. The number of hydrazone groups is 1. The van der Waals surface area contributed by atoms with Crippen LogP contribution in [0.3, 0.4) is 0 Å². The first kappa shape index (κ1) is 22.0. The molecule has 2 heterocycles. The average Bonchev–Trinajstić information content (AvgIpc) is 3.21. The lowest BCUT2D eigenvalue weighted by Crippen LogP contribution is -2.43. The topological polar surface area (TPSA) is 79.3 Å². The second kappa shape index (κ2) is 9.41. The number of likely N-dealkylation sites (tertiary alicyclic amines) is 1. The van der Waals surface area contributed by atoms with Gasteiger partial charge in [-0.3, -0.25) is 14.4 Å². The molecule has 0 spiro atoms. The van der Waals surface area contributed by atoms with E-state index in [0.717, 1.165) is 12.0 Å². The van der Waals surface area contributed by atoms with Gasteiger partial charge in [0.15, 0.2) is 0 Å². The van der Waals surface area contributed by atoms with Gasteiger partial charge in [0.2, 0.25) is 11.8 Å². The van der Waals surface area contributed by atoms with Crippen LogP contribution in [-0.2, 0) is 19.1 Å². The van der Waals surface area contributed by atoms with E-state index >= 15 is 0 Å². The van der Waals surface area contributed by atoms with Crippen molar-refractivity contribution < 1.29 is 19.1 Å². The maximum atomic E-state index is 13.1. The van der Waals surface area contributed by atoms with Gasteiger partial charge in [-0.15, -0.1) is 0 Å². The van der Waals surface area contributed by atoms with Gasteiger partial charge in [-0.2, -0.15) is 5.10 Å². The lowest BCUT2D eigenvalue weighted by molar-refractivity contribution is -0.156. The minimum Gasteiger partial charge on any atom is -0.460 e. The van der Waals surface area contributed by atoms with Gasteiger partial charge in [0.05, 0.1) is 12.5 Å². The van der Waals surface area contributed by atoms with Crippen molar-refractivity contribution in [1.82, 2.24) is 9.91 Å². The number of piperidine rings is 1. The summed E-state index contributed by atoms with van der Waals surface area (Å²) in [5.41, 5.74) is 0.534. The number of benzene rings is 1. The summed E-state index contributed by atoms with van der Waals surface area (Å²) in [5.74, 6) is -0.535. The highest BCUT2D eigenvalue weighted by Crippen LogP contribution is 2.31. The monoisotopic (exact) mass is 413 g/mol. The summed E-state index contributed by atoms with van der Waals surface area (Å²) < 4.78 is 5.25. The summed E-state index contributed by atoms with van der Waals surface area (Å²) in [6.07, 6.45) is 3.97. The smallest absolute Gasteiger partial charge is 0.306 e. The molecule has 7 nitrogen and oxygen atoms in total. The van der Waals surface area contributed by atoms with Crippen LogP contribution in [0.4, 0.5) is 0 Å². The Morgan fingerprint density at radius 2 is 1.73 bits per heavy atom. The van der Waals surface area contributed by atoms with Crippen molar-refractivity contribution in [3.05, 3.63) is 35.9 Å². The maximum Gasteiger partial charge on any atom is 0.306 e. The third-order valence-electron chi connectivity index (χ3n) is 5.40. The predicted octanol–water partition coefficient (Wildman–Crippen LogP) is 3.31. The summed E-state index contributed by atoms with van der Waals surface area (Å²) >= 11 is 0. The first-order valence-electron chi connectivity index (χ1n) is 10.6. The first-order chi connectivity index (χ1) is 14.2. The fraction of sp³-hybridized carbons (Fsp3) is 0.565. The first-order valence-corrected chi connectivity index (χ1v) is 10.6. The second-order valence-electron chi connectivity index (χ2n) is 8.88. The molecule has 0 aliphatic carbocycles. The number of rotatable bonds is 5. The molecule has 1 aromatic carbocycles. The van der Waals surface area contributed by atoms with Crippen LogP contribution in [0.1, 0.15) is 64.5 Å². The number of esters is 1. The summed E-state index contributed by atoms with van der Waals surface area (Å²) in [4.78, 5) is 39.1. The minimum atomic E-state index is -0.547. The summed E-state index contributed by atoms with van der Waals surface area (Å²) in [7, 11) is 0. The van der Waals surface area contributed by atoms with Gasteiger partial charge >= 0.3 is 5.97 Å². The molecule has 30 heavy (non-hydrogen) atoms. The number of amides is 2. The van der Waals surface area contributed by atoms with Crippen molar-refractivity contribution >= 4 is 24.0 Å². The number of ether oxygens (including phenoxy) is 1. The lowest BCUT2D eigenvalue weighted by Gasteiger charge is -2.34. The Kier molecular flexibility index (Phi) is 6.90. The molecule has 1 fully saturated rings. The molecule has 0 N–H and O–H groups in total. The van der Waals surface area contributed by atoms with Crippen molar-refractivity contribution in [2.24, 2.45) is 11.0 Å². The van der Waals surface area contributed by atoms with Crippen LogP contribution >= 0.6 is 0 Å². The number of nitrogens with zero attached hydrogens (tertiary/aromatic N) is 3. The quantitative estimate of drug-likeness (QED) is 0.694. The third kappa shape index (κ3) is 5.68. The van der Waals surface area contributed by atoms with Crippen LogP contribution in [-0.4, -0.2) is 52.6 Å². The largest absolute Gasteiger partial charge is 0.460 e. The number of hydrogen-bond donors (Lipinski definition) is 0. The van der Waals surface area contributed by atoms with Crippen LogP contribution in [0.2, 0.25) is 0 Å². The van der Waals surface area contributed by atoms with Gasteiger partial charge in [-0.25, -0.2) is 5.01 Å². The van der Waals surface area contributed by atoms with Crippen LogP contribution < -0.4 is 0 Å². The molecule has 2 aliphatic heterocycles. The van der Waals surface area contributed by atoms with E-state index in [-0.39, 0.29) is 42.6 Å². The highest BCUT2D eigenvalue weighted by molar-refractivity contribution is 5.83. The number of carbonyl (C=O) groups is 3. The Bertz CT molecular complexity index is 792. The van der Waals surface area contributed by atoms with E-state index in [1.165, 1.54) is 0 Å². The van der Waals surface area contributed by atoms with Crippen molar-refractivity contribution in [3.8, 4) is 0 Å². The van der Waals surface area contributed by atoms with Gasteiger partial charge in [0, 0.05) is 38.1 Å². The molecule has 0 bridgehead atoms. The van der Waals surface area contributed by atoms with Crippen molar-refractivity contribution in [2.45, 2.75) is 64.5 Å². The molecule has 7 heteroatoms. The van der Waals surface area contributed by atoms with E-state index in [9.17, 15) is 14.4 Å². The molecule has 0 aromatic heterocycles. The standard InChI is InChI=1S/C23H31N3O4/c1-23(2,3)30-21(28)10-9-20(27)25-15-12-18(13-16-25)22(29)26-19(11-14-24-26)17-7-5-4-6-8-17/h4-8,14,18-19H,9-13,15-16H2,1-3H3. The highest BCUT2D eigenvalue weighted by Gasteiger charge is 2.35. The molecule has 1 aromatic rings. The summed E-state index contributed by atoms with van der Waals surface area (Å²) in [6, 6.07) is 9.89. The van der Waals surface area contributed by atoms with E-state index in [4.69, 9.17) is 4.74 Å². The van der Waals surface area contributed by atoms with Gasteiger partial charge in [0.25, 0.3) is 0 Å². The maximum absolute atomic E-state index is 13.1. The molecule has 2 aliphatic rings. The SMILES string of the molecule is CC(C)(C)OC(=O)CCC(=O)N1CCC(C(=O)N2N=CCC2c2ccccc2)CC1. The summed E-state index contributed by atoms with van der Waals surface area (Å²) in [6.45, 7) is 6.47. The van der Waals surface area contributed by atoms with Crippen LogP contribution in [0.5, 0.6) is 0 Å². The zero-order valence-electron chi connectivity index (χ0n) is 18.0. The van der Waals surface area contributed by atoms with Crippen molar-refractivity contribution in [2.75, 3.05) is 13.1 Å². The van der Waals surface area contributed by atoms with Gasteiger partial charge in [-0.05, 0) is 39.2 Å². The molecule has 0 saturated carbocycles. The van der Waals surface area contributed by atoms with Crippen molar-refractivity contribution in [3.63, 3.8) is 0 Å². The van der Waals surface area contributed by atoms with Gasteiger partial charge < -0.3 is 9.64 Å². The zero-order valence-corrected chi connectivity index (χ0v) is 18.0. The van der Waals surface area contributed by atoms with E-state index in [2.05, 4.69) is 5.10 Å². The van der Waals surface area contributed by atoms with E-state index in [0.29, 0.717) is 25.9 Å². The second-order valence-corrected chi connectivity index (χ2v) is 8.88. The Morgan fingerprint density at radius 3 is 2.37 bits per heavy atom. The van der Waals surface area contributed by atoms with Gasteiger partial charge in [-0.1, -0.05) is 30.3 Å².